The van der Waals surface area contributed by atoms with Gasteiger partial charge in [0.1, 0.15) is 5.75 Å². The molecular formula is C13H16BrNO. The molecular weight excluding hydrogens is 266 g/mol. The molecule has 0 fully saturated rings. The van der Waals surface area contributed by atoms with E-state index in [9.17, 15) is 0 Å². The smallest absolute Gasteiger partial charge is 0.119 e. The van der Waals surface area contributed by atoms with Crippen LogP contribution in [0.25, 0.3) is 0 Å². The summed E-state index contributed by atoms with van der Waals surface area (Å²) in [6.45, 7) is 4.44. The van der Waals surface area contributed by atoms with Crippen LogP contribution in [0.2, 0.25) is 0 Å². The van der Waals surface area contributed by atoms with Crippen LogP contribution in [-0.4, -0.2) is 13.2 Å². The molecule has 0 saturated carbocycles. The zero-order valence-electron chi connectivity index (χ0n) is 9.42. The number of ether oxygens (including phenoxy) is 1. The Morgan fingerprint density at radius 2 is 2.31 bits per heavy atom. The molecule has 0 aromatic heterocycles. The van der Waals surface area contributed by atoms with Gasteiger partial charge in [-0.05, 0) is 30.3 Å². The minimum Gasteiger partial charge on any atom is -0.493 e. The van der Waals surface area contributed by atoms with Gasteiger partial charge in [0.2, 0.25) is 0 Å². The number of hydrogen-bond acceptors (Lipinski definition) is 2. The Morgan fingerprint density at radius 3 is 3.00 bits per heavy atom. The van der Waals surface area contributed by atoms with Gasteiger partial charge in [-0.25, -0.2) is 0 Å². The van der Waals surface area contributed by atoms with Crippen molar-refractivity contribution in [3.8, 4) is 18.1 Å². The molecule has 1 rings (SSSR count). The molecule has 2 nitrogen and oxygen atoms in total. The molecule has 3 heteroatoms. The summed E-state index contributed by atoms with van der Waals surface area (Å²) < 4.78 is 6.63. The summed E-state index contributed by atoms with van der Waals surface area (Å²) in [5, 5.41) is 3.28. The van der Waals surface area contributed by atoms with Crippen LogP contribution in [-0.2, 0) is 6.54 Å². The molecule has 0 radical (unpaired) electrons. The van der Waals surface area contributed by atoms with E-state index in [1.54, 1.807) is 0 Å². The highest BCUT2D eigenvalue weighted by Gasteiger charge is 2.01. The lowest BCUT2D eigenvalue weighted by Crippen LogP contribution is -2.12. The van der Waals surface area contributed by atoms with Gasteiger partial charge in [-0.15, -0.1) is 12.3 Å². The van der Waals surface area contributed by atoms with E-state index in [-0.39, 0.29) is 0 Å². The van der Waals surface area contributed by atoms with Crippen molar-refractivity contribution in [3.05, 3.63) is 28.2 Å². The van der Waals surface area contributed by atoms with E-state index in [1.165, 1.54) is 5.56 Å². The zero-order chi connectivity index (χ0) is 11.8. The Bertz CT molecular complexity index is 371. The van der Waals surface area contributed by atoms with E-state index < -0.39 is 0 Å². The van der Waals surface area contributed by atoms with E-state index in [0.717, 1.165) is 23.3 Å². The van der Waals surface area contributed by atoms with Gasteiger partial charge in [0, 0.05) is 17.4 Å². The maximum absolute atomic E-state index is 5.53. The van der Waals surface area contributed by atoms with E-state index in [0.29, 0.717) is 13.0 Å². The molecule has 0 spiro atoms. The minimum absolute atomic E-state index is 0.568. The first-order valence-corrected chi connectivity index (χ1v) is 6.12. The average Bonchev–Trinajstić information content (AvgIpc) is 2.30. The van der Waals surface area contributed by atoms with Crippen molar-refractivity contribution >= 4 is 15.9 Å². The number of nitrogens with one attached hydrogen (secondary N) is 1. The molecule has 0 heterocycles. The Balaban J connectivity index is 2.62. The van der Waals surface area contributed by atoms with Crippen molar-refractivity contribution < 1.29 is 4.74 Å². The third kappa shape index (κ3) is 4.26. The zero-order valence-corrected chi connectivity index (χ0v) is 11.0. The van der Waals surface area contributed by atoms with Crippen molar-refractivity contribution in [3.63, 3.8) is 0 Å². The summed E-state index contributed by atoms with van der Waals surface area (Å²) in [6.07, 6.45) is 5.80. The molecule has 0 unspecified atom stereocenters. The maximum Gasteiger partial charge on any atom is 0.119 e. The molecule has 1 aromatic rings. The van der Waals surface area contributed by atoms with Crippen LogP contribution >= 0.6 is 15.9 Å². The van der Waals surface area contributed by atoms with Crippen LogP contribution in [0.1, 0.15) is 18.9 Å². The fourth-order valence-corrected chi connectivity index (χ4v) is 1.65. The van der Waals surface area contributed by atoms with Crippen LogP contribution < -0.4 is 10.1 Å². The summed E-state index contributed by atoms with van der Waals surface area (Å²) in [5.41, 5.74) is 1.19. The SMILES string of the molecule is C#CCCOc1ccc(Br)c(CNCC)c1. The second kappa shape index (κ2) is 7.32. The fraction of sp³-hybridized carbons (Fsp3) is 0.385. The summed E-state index contributed by atoms with van der Waals surface area (Å²) in [5.74, 6) is 3.42. The quantitative estimate of drug-likeness (QED) is 0.640. The molecule has 0 aliphatic heterocycles. The lowest BCUT2D eigenvalue weighted by atomic mass is 10.2. The summed E-state index contributed by atoms with van der Waals surface area (Å²) in [7, 11) is 0. The second-order valence-electron chi connectivity index (χ2n) is 3.34. The van der Waals surface area contributed by atoms with Crippen LogP contribution in [0.4, 0.5) is 0 Å². The monoisotopic (exact) mass is 281 g/mol. The number of rotatable bonds is 6. The highest BCUT2D eigenvalue weighted by molar-refractivity contribution is 9.10. The molecule has 16 heavy (non-hydrogen) atoms. The van der Waals surface area contributed by atoms with Gasteiger partial charge < -0.3 is 10.1 Å². The first-order chi connectivity index (χ1) is 7.77. The van der Waals surface area contributed by atoms with Crippen LogP contribution in [0, 0.1) is 12.3 Å². The van der Waals surface area contributed by atoms with E-state index in [4.69, 9.17) is 11.2 Å². The highest BCUT2D eigenvalue weighted by atomic mass is 79.9. The van der Waals surface area contributed by atoms with Crippen molar-refractivity contribution in [2.45, 2.75) is 19.9 Å². The number of terminal acetylenes is 1. The maximum atomic E-state index is 5.53. The first-order valence-electron chi connectivity index (χ1n) is 5.33. The second-order valence-corrected chi connectivity index (χ2v) is 4.19. The van der Waals surface area contributed by atoms with Gasteiger partial charge in [-0.3, -0.25) is 0 Å². The fourth-order valence-electron chi connectivity index (χ4n) is 1.26. The van der Waals surface area contributed by atoms with Crippen molar-refractivity contribution in [2.75, 3.05) is 13.2 Å². The molecule has 0 atom stereocenters. The number of hydrogen-bond donors (Lipinski definition) is 1. The normalized spacial score (nSPS) is 9.81. The Morgan fingerprint density at radius 1 is 1.50 bits per heavy atom. The first kappa shape index (κ1) is 13.1. The van der Waals surface area contributed by atoms with Gasteiger partial charge >= 0.3 is 0 Å². The summed E-state index contributed by atoms with van der Waals surface area (Å²) in [4.78, 5) is 0. The molecule has 1 N–H and O–H groups in total. The van der Waals surface area contributed by atoms with Gasteiger partial charge in [0.15, 0.2) is 0 Å². The highest BCUT2D eigenvalue weighted by Crippen LogP contribution is 2.22. The third-order valence-corrected chi connectivity index (χ3v) is 2.87. The lowest BCUT2D eigenvalue weighted by molar-refractivity contribution is 0.327. The van der Waals surface area contributed by atoms with E-state index >= 15 is 0 Å². The van der Waals surface area contributed by atoms with Crippen molar-refractivity contribution in [1.82, 2.24) is 5.32 Å². The molecule has 0 bridgehead atoms. The molecule has 0 amide bonds. The predicted molar refractivity (Wildman–Crippen MR) is 70.5 cm³/mol. The van der Waals surface area contributed by atoms with Crippen molar-refractivity contribution in [1.29, 1.82) is 0 Å². The average molecular weight is 282 g/mol. The largest absolute Gasteiger partial charge is 0.493 e. The van der Waals surface area contributed by atoms with Crippen molar-refractivity contribution in [2.24, 2.45) is 0 Å². The topological polar surface area (TPSA) is 21.3 Å². The molecule has 0 saturated heterocycles. The van der Waals surface area contributed by atoms with Gasteiger partial charge in [0.25, 0.3) is 0 Å². The van der Waals surface area contributed by atoms with Gasteiger partial charge in [-0.2, -0.15) is 0 Å². The van der Waals surface area contributed by atoms with Crippen LogP contribution in [0.3, 0.4) is 0 Å². The minimum atomic E-state index is 0.568. The predicted octanol–water partition coefficient (Wildman–Crippen LogP) is 2.96. The standard InChI is InChI=1S/C13H16BrNO/c1-3-5-8-16-12-6-7-13(14)11(9-12)10-15-4-2/h1,6-7,9,15H,4-5,8,10H2,2H3. The summed E-state index contributed by atoms with van der Waals surface area (Å²) in [6, 6.07) is 5.97. The van der Waals surface area contributed by atoms with Crippen LogP contribution in [0.5, 0.6) is 5.75 Å². The number of benzene rings is 1. The van der Waals surface area contributed by atoms with E-state index in [2.05, 4.69) is 34.1 Å². The van der Waals surface area contributed by atoms with Gasteiger partial charge in [-0.1, -0.05) is 22.9 Å². The van der Waals surface area contributed by atoms with Gasteiger partial charge in [0.05, 0.1) is 6.61 Å². The molecule has 0 aliphatic rings. The molecule has 1 aromatic carbocycles. The Labute approximate surface area is 106 Å². The third-order valence-electron chi connectivity index (χ3n) is 2.10. The summed E-state index contributed by atoms with van der Waals surface area (Å²) >= 11 is 3.51. The Kier molecular flexibility index (Phi) is 5.99. The van der Waals surface area contributed by atoms with E-state index in [1.807, 2.05) is 18.2 Å². The van der Waals surface area contributed by atoms with Crippen LogP contribution in [0.15, 0.2) is 22.7 Å². The lowest BCUT2D eigenvalue weighted by Gasteiger charge is -2.09. The molecule has 86 valence electrons. The Hall–Kier alpha value is -0.980. The molecule has 0 aliphatic carbocycles. The number of halogens is 1.